The molecule has 1 aromatic carbocycles. The van der Waals surface area contributed by atoms with E-state index in [9.17, 15) is 4.79 Å². The molecule has 3 atom stereocenters. The molecule has 0 unspecified atom stereocenters. The smallest absolute Gasteiger partial charge is 0.276 e. The number of anilines is 1. The number of rotatable bonds is 6. The van der Waals surface area contributed by atoms with Crippen LogP contribution in [-0.4, -0.2) is 39.0 Å². The molecule has 6 rings (SSSR count). The van der Waals surface area contributed by atoms with Crippen LogP contribution in [0.5, 0.6) is 0 Å². The third-order valence-electron chi connectivity index (χ3n) is 7.88. The Bertz CT molecular complexity index is 1160. The molecule has 7 nitrogen and oxygen atoms in total. The van der Waals surface area contributed by atoms with Gasteiger partial charge in [-0.3, -0.25) is 4.79 Å². The zero-order chi connectivity index (χ0) is 21.5. The van der Waals surface area contributed by atoms with Crippen molar-refractivity contribution in [1.82, 2.24) is 24.6 Å². The zero-order valence-electron chi connectivity index (χ0n) is 18.6. The fraction of sp³-hybridized carbons (Fsp3) is 0.560. The minimum absolute atomic E-state index is 0.0126. The SMILES string of the molecule is O=c1c2c(NC[C@H]3CC[C@@H]4CNC[C@H]43)cccc2cnn1CCc1cn2c(n1)CCCC2. The second-order valence-corrected chi connectivity index (χ2v) is 9.79. The van der Waals surface area contributed by atoms with Gasteiger partial charge in [0.15, 0.2) is 0 Å². The van der Waals surface area contributed by atoms with E-state index >= 15 is 0 Å². The van der Waals surface area contributed by atoms with Gasteiger partial charge in [0.1, 0.15) is 5.82 Å². The molecule has 0 bridgehead atoms. The van der Waals surface area contributed by atoms with Crippen LogP contribution < -0.4 is 16.2 Å². The van der Waals surface area contributed by atoms with Crippen LogP contribution in [0, 0.1) is 17.8 Å². The quantitative estimate of drug-likeness (QED) is 0.626. The van der Waals surface area contributed by atoms with Gasteiger partial charge in [0.2, 0.25) is 0 Å². The van der Waals surface area contributed by atoms with Gasteiger partial charge in [-0.1, -0.05) is 12.1 Å². The Labute approximate surface area is 188 Å². The molecule has 1 saturated carbocycles. The van der Waals surface area contributed by atoms with Gasteiger partial charge in [-0.2, -0.15) is 5.10 Å². The van der Waals surface area contributed by atoms with Gasteiger partial charge in [-0.25, -0.2) is 9.67 Å². The van der Waals surface area contributed by atoms with E-state index in [1.165, 1.54) is 38.1 Å². The van der Waals surface area contributed by atoms with Crippen molar-refractivity contribution < 1.29 is 0 Å². The normalized spacial score (nSPS) is 24.6. The summed E-state index contributed by atoms with van der Waals surface area (Å²) >= 11 is 0. The Hall–Kier alpha value is -2.67. The van der Waals surface area contributed by atoms with Gasteiger partial charge in [-0.15, -0.1) is 0 Å². The summed E-state index contributed by atoms with van der Waals surface area (Å²) in [6.07, 6.45) is 10.8. The van der Waals surface area contributed by atoms with Crippen LogP contribution >= 0.6 is 0 Å². The third-order valence-corrected chi connectivity index (χ3v) is 7.88. The van der Waals surface area contributed by atoms with E-state index in [1.807, 2.05) is 24.4 Å². The van der Waals surface area contributed by atoms with Gasteiger partial charge in [0, 0.05) is 43.2 Å². The molecule has 0 spiro atoms. The molecule has 7 heteroatoms. The molecule has 3 aliphatic rings. The van der Waals surface area contributed by atoms with Gasteiger partial charge < -0.3 is 15.2 Å². The molecule has 0 radical (unpaired) electrons. The molecule has 168 valence electrons. The molecule has 32 heavy (non-hydrogen) atoms. The molecule has 2 aliphatic heterocycles. The van der Waals surface area contributed by atoms with Crippen molar-refractivity contribution >= 4 is 16.5 Å². The van der Waals surface area contributed by atoms with Crippen molar-refractivity contribution in [2.75, 3.05) is 25.0 Å². The Morgan fingerprint density at radius 1 is 1.19 bits per heavy atom. The minimum Gasteiger partial charge on any atom is -0.384 e. The Kier molecular flexibility index (Phi) is 5.21. The first-order chi connectivity index (χ1) is 15.8. The van der Waals surface area contributed by atoms with E-state index in [2.05, 4.69) is 26.5 Å². The number of aryl methyl sites for hydroxylation is 4. The van der Waals surface area contributed by atoms with Crippen LogP contribution in [0.1, 0.15) is 37.2 Å². The molecular weight excluding hydrogens is 400 g/mol. The molecular formula is C25H32N6O. The predicted octanol–water partition coefficient (Wildman–Crippen LogP) is 2.83. The van der Waals surface area contributed by atoms with Crippen LogP contribution in [0.25, 0.3) is 10.8 Å². The number of imidazole rings is 1. The summed E-state index contributed by atoms with van der Waals surface area (Å²) in [7, 11) is 0. The van der Waals surface area contributed by atoms with Crippen molar-refractivity contribution in [3.8, 4) is 0 Å². The summed E-state index contributed by atoms with van der Waals surface area (Å²) in [6, 6.07) is 6.03. The number of aromatic nitrogens is 4. The molecule has 2 aromatic heterocycles. The van der Waals surface area contributed by atoms with Crippen molar-refractivity contribution in [3.05, 3.63) is 52.5 Å². The van der Waals surface area contributed by atoms with Gasteiger partial charge in [0.25, 0.3) is 5.56 Å². The van der Waals surface area contributed by atoms with Crippen LogP contribution in [0.3, 0.4) is 0 Å². The van der Waals surface area contributed by atoms with E-state index in [0.29, 0.717) is 12.5 Å². The lowest BCUT2D eigenvalue weighted by atomic mass is 9.92. The Morgan fingerprint density at radius 2 is 2.16 bits per heavy atom. The minimum atomic E-state index is -0.0126. The van der Waals surface area contributed by atoms with E-state index < -0.39 is 0 Å². The topological polar surface area (TPSA) is 76.8 Å². The highest BCUT2D eigenvalue weighted by molar-refractivity contribution is 5.92. The number of nitrogens with zero attached hydrogens (tertiary/aromatic N) is 4. The van der Waals surface area contributed by atoms with E-state index in [1.54, 1.807) is 4.68 Å². The lowest BCUT2D eigenvalue weighted by Gasteiger charge is -2.19. The second kappa shape index (κ2) is 8.35. The maximum absolute atomic E-state index is 13.4. The lowest BCUT2D eigenvalue weighted by Crippen LogP contribution is -2.26. The van der Waals surface area contributed by atoms with Crippen molar-refractivity contribution in [1.29, 1.82) is 0 Å². The maximum atomic E-state index is 13.4. The number of fused-ring (bicyclic) bond motifs is 3. The highest BCUT2D eigenvalue weighted by Crippen LogP contribution is 2.39. The first-order valence-corrected chi connectivity index (χ1v) is 12.2. The summed E-state index contributed by atoms with van der Waals surface area (Å²) in [4.78, 5) is 18.1. The summed E-state index contributed by atoms with van der Waals surface area (Å²) in [5.74, 6) is 3.48. The van der Waals surface area contributed by atoms with E-state index in [4.69, 9.17) is 4.98 Å². The zero-order valence-corrected chi connectivity index (χ0v) is 18.6. The van der Waals surface area contributed by atoms with Gasteiger partial charge in [-0.05, 0) is 62.6 Å². The number of hydrogen-bond acceptors (Lipinski definition) is 5. The summed E-state index contributed by atoms with van der Waals surface area (Å²) in [5, 5.41) is 13.3. The highest BCUT2D eigenvalue weighted by Gasteiger charge is 2.38. The van der Waals surface area contributed by atoms with E-state index in [-0.39, 0.29) is 5.56 Å². The first-order valence-electron chi connectivity index (χ1n) is 12.2. The molecule has 2 N–H and O–H groups in total. The maximum Gasteiger partial charge on any atom is 0.276 e. The monoisotopic (exact) mass is 432 g/mol. The third kappa shape index (κ3) is 3.62. The molecule has 2 fully saturated rings. The molecule has 1 saturated heterocycles. The van der Waals surface area contributed by atoms with E-state index in [0.717, 1.165) is 66.5 Å². The lowest BCUT2D eigenvalue weighted by molar-refractivity contribution is 0.391. The summed E-state index contributed by atoms with van der Waals surface area (Å²) in [6.45, 7) is 4.86. The average molecular weight is 433 g/mol. The molecule has 0 amide bonds. The van der Waals surface area contributed by atoms with Crippen molar-refractivity contribution in [2.45, 2.75) is 51.6 Å². The summed E-state index contributed by atoms with van der Waals surface area (Å²) in [5.41, 5.74) is 1.99. The Morgan fingerprint density at radius 3 is 3.09 bits per heavy atom. The van der Waals surface area contributed by atoms with Crippen LogP contribution in [0.2, 0.25) is 0 Å². The number of nitrogens with one attached hydrogen (secondary N) is 2. The second-order valence-electron chi connectivity index (χ2n) is 9.79. The van der Waals surface area contributed by atoms with Crippen LogP contribution in [0.15, 0.2) is 35.4 Å². The van der Waals surface area contributed by atoms with Crippen molar-refractivity contribution in [3.63, 3.8) is 0 Å². The molecule has 4 heterocycles. The number of benzene rings is 1. The highest BCUT2D eigenvalue weighted by atomic mass is 16.1. The first kappa shape index (κ1) is 20.0. The standard InChI is InChI=1S/C25H32N6O/c32-25-24-19(4-3-5-22(24)27-13-18-8-7-17-12-26-15-21(17)18)14-28-31(25)11-9-20-16-30-10-2-1-6-23(30)29-20/h3-5,14,16-18,21,26-27H,1-2,6-13,15H2/t17-,18-,21-/m1/s1. The van der Waals surface area contributed by atoms with Crippen molar-refractivity contribution in [2.24, 2.45) is 17.8 Å². The Balaban J connectivity index is 1.21. The average Bonchev–Trinajstić information content (AvgIpc) is 3.53. The molecule has 1 aliphatic carbocycles. The van der Waals surface area contributed by atoms with Gasteiger partial charge >= 0.3 is 0 Å². The largest absolute Gasteiger partial charge is 0.384 e. The number of hydrogen-bond donors (Lipinski definition) is 2. The summed E-state index contributed by atoms with van der Waals surface area (Å²) < 4.78 is 3.88. The molecule has 3 aromatic rings. The fourth-order valence-electron chi connectivity index (χ4n) is 6.11. The van der Waals surface area contributed by atoms with Gasteiger partial charge in [0.05, 0.1) is 23.8 Å². The van der Waals surface area contributed by atoms with Crippen LogP contribution in [-0.2, 0) is 25.9 Å². The fourth-order valence-corrected chi connectivity index (χ4v) is 6.11. The predicted molar refractivity (Wildman–Crippen MR) is 126 cm³/mol. The van der Waals surface area contributed by atoms with Crippen LogP contribution in [0.4, 0.5) is 5.69 Å².